The third kappa shape index (κ3) is 44.8. The van der Waals surface area contributed by atoms with E-state index in [1.165, 1.54) is 154 Å². The highest BCUT2D eigenvalue weighted by Gasteiger charge is 2.54. The van der Waals surface area contributed by atoms with Crippen molar-refractivity contribution >= 4 is 5.91 Å². The largest absolute Gasteiger partial charge is 0.394 e. The molecule has 0 bridgehead atoms. The van der Waals surface area contributed by atoms with Crippen LogP contribution in [0.4, 0.5) is 0 Å². The van der Waals surface area contributed by atoms with Gasteiger partial charge >= 0.3 is 0 Å². The molecular formula is C86H149NO18. The van der Waals surface area contributed by atoms with Crippen LogP contribution in [0.3, 0.4) is 0 Å². The number of aliphatic hydroxyl groups excluding tert-OH is 11. The minimum Gasteiger partial charge on any atom is -0.394 e. The van der Waals surface area contributed by atoms with Crippen LogP contribution in [0.5, 0.6) is 0 Å². The maximum absolute atomic E-state index is 13.5. The smallest absolute Gasteiger partial charge is 0.220 e. The Morgan fingerprint density at radius 2 is 0.657 bits per heavy atom. The molecule has 606 valence electrons. The summed E-state index contributed by atoms with van der Waals surface area (Å²) in [5.41, 5.74) is 0. The normalized spacial score (nSPS) is 26.4. The van der Waals surface area contributed by atoms with Crippen LogP contribution in [0.15, 0.2) is 109 Å². The van der Waals surface area contributed by atoms with Gasteiger partial charge in [0, 0.05) is 6.42 Å². The number of unbranched alkanes of at least 4 members (excludes halogenated alkanes) is 33. The first-order valence-corrected chi connectivity index (χ1v) is 41.6. The highest BCUT2D eigenvalue weighted by atomic mass is 16.8. The van der Waals surface area contributed by atoms with Crippen molar-refractivity contribution in [3.63, 3.8) is 0 Å². The molecule has 12 N–H and O–H groups in total. The molecule has 0 aromatic heterocycles. The molecule has 105 heavy (non-hydrogen) atoms. The minimum absolute atomic E-state index is 0.220. The average Bonchev–Trinajstić information content (AvgIpc) is 0.781. The lowest BCUT2D eigenvalue weighted by atomic mass is 9.96. The van der Waals surface area contributed by atoms with Gasteiger partial charge in [-0.2, -0.15) is 0 Å². The van der Waals surface area contributed by atoms with Crippen LogP contribution in [-0.4, -0.2) is 193 Å². The van der Waals surface area contributed by atoms with Crippen molar-refractivity contribution < 1.29 is 89.4 Å². The van der Waals surface area contributed by atoms with Crippen LogP contribution < -0.4 is 5.32 Å². The van der Waals surface area contributed by atoms with Gasteiger partial charge in [-0.25, -0.2) is 0 Å². The molecule has 0 spiro atoms. The van der Waals surface area contributed by atoms with Crippen LogP contribution in [-0.2, 0) is 33.2 Å². The lowest BCUT2D eigenvalue weighted by Gasteiger charge is -2.48. The Kier molecular flexibility index (Phi) is 59.4. The topological polar surface area (TPSA) is 307 Å². The minimum atomic E-state index is -1.99. The lowest BCUT2D eigenvalue weighted by Crippen LogP contribution is -2.66. The van der Waals surface area contributed by atoms with Crippen LogP contribution in [0, 0.1) is 0 Å². The molecule has 0 radical (unpaired) electrons. The number of amides is 1. The Hall–Kier alpha value is -3.55. The van der Waals surface area contributed by atoms with E-state index >= 15 is 0 Å². The van der Waals surface area contributed by atoms with Crippen LogP contribution in [0.25, 0.3) is 0 Å². The molecule has 3 rings (SSSR count). The van der Waals surface area contributed by atoms with E-state index in [2.05, 4.69) is 116 Å². The zero-order valence-corrected chi connectivity index (χ0v) is 64.9. The Morgan fingerprint density at radius 3 is 1.03 bits per heavy atom. The summed E-state index contributed by atoms with van der Waals surface area (Å²) in [6.07, 6.45) is 63.5. The summed E-state index contributed by atoms with van der Waals surface area (Å²) < 4.78 is 34.5. The SMILES string of the molecule is CC/C=C\C/C=C\C/C=C\C/C=C\C/C=C\C/C=C\C/C=C\C/C=C\CCCCCCCCC(=O)NC(COC1OC(CO)C(OC2OC(CO)C(OC3OC(CO)C(O)C(O)C3O)C(O)C2O)C(O)C1O)C(O)/C=C/CCCCCCCCCCCCCCCCCCCCCCCCCCCCC. The van der Waals surface area contributed by atoms with Gasteiger partial charge in [0.25, 0.3) is 0 Å². The molecule has 3 saturated heterocycles. The van der Waals surface area contributed by atoms with Gasteiger partial charge in [0.2, 0.25) is 5.91 Å². The summed E-state index contributed by atoms with van der Waals surface area (Å²) in [6, 6.07) is -0.992. The Bertz CT molecular complexity index is 2320. The number of rotatable bonds is 65. The van der Waals surface area contributed by atoms with Crippen LogP contribution in [0.1, 0.15) is 296 Å². The van der Waals surface area contributed by atoms with Gasteiger partial charge in [0.15, 0.2) is 18.9 Å². The van der Waals surface area contributed by atoms with Gasteiger partial charge in [-0.1, -0.05) is 316 Å². The van der Waals surface area contributed by atoms with Crippen molar-refractivity contribution in [2.75, 3.05) is 26.4 Å². The van der Waals surface area contributed by atoms with Gasteiger partial charge in [-0.05, 0) is 83.5 Å². The van der Waals surface area contributed by atoms with Crippen molar-refractivity contribution in [1.82, 2.24) is 5.32 Å². The number of hydrogen-bond acceptors (Lipinski definition) is 18. The molecule has 3 aliphatic heterocycles. The molecule has 19 nitrogen and oxygen atoms in total. The zero-order chi connectivity index (χ0) is 76.0. The van der Waals surface area contributed by atoms with E-state index in [0.29, 0.717) is 6.42 Å². The zero-order valence-electron chi connectivity index (χ0n) is 64.9. The molecule has 3 heterocycles. The lowest BCUT2D eigenvalue weighted by molar-refractivity contribution is -0.379. The van der Waals surface area contributed by atoms with Crippen molar-refractivity contribution in [3.05, 3.63) is 109 Å². The maximum Gasteiger partial charge on any atom is 0.220 e. The first-order chi connectivity index (χ1) is 51.3. The Labute approximate surface area is 634 Å². The van der Waals surface area contributed by atoms with E-state index in [1.807, 2.05) is 6.08 Å². The second kappa shape index (κ2) is 65.2. The number of aliphatic hydroxyl groups is 11. The van der Waals surface area contributed by atoms with Gasteiger partial charge in [-0.15, -0.1) is 0 Å². The molecule has 17 atom stereocenters. The molecule has 0 aromatic carbocycles. The first kappa shape index (κ1) is 95.7. The molecule has 1 amide bonds. The molecule has 3 aliphatic rings. The number of ether oxygens (including phenoxy) is 6. The van der Waals surface area contributed by atoms with Crippen molar-refractivity contribution in [2.24, 2.45) is 0 Å². The summed E-state index contributed by atoms with van der Waals surface area (Å²) in [5, 5.41) is 121. The predicted octanol–water partition coefficient (Wildman–Crippen LogP) is 14.5. The number of carbonyl (C=O) groups excluding carboxylic acids is 1. The van der Waals surface area contributed by atoms with Gasteiger partial charge in [0.1, 0.15) is 73.2 Å². The number of nitrogens with one attached hydrogen (secondary N) is 1. The number of carbonyl (C=O) groups is 1. The number of allylic oxidation sites excluding steroid dienone is 17. The second-order valence-corrected chi connectivity index (χ2v) is 29.2. The van der Waals surface area contributed by atoms with Gasteiger partial charge in [-0.3, -0.25) is 4.79 Å². The van der Waals surface area contributed by atoms with Crippen molar-refractivity contribution in [3.8, 4) is 0 Å². The van der Waals surface area contributed by atoms with E-state index in [1.54, 1.807) is 6.08 Å². The van der Waals surface area contributed by atoms with E-state index in [4.69, 9.17) is 28.4 Å². The molecule has 0 aliphatic carbocycles. The second-order valence-electron chi connectivity index (χ2n) is 29.2. The molecule has 0 saturated carbocycles. The fourth-order valence-corrected chi connectivity index (χ4v) is 13.4. The highest BCUT2D eigenvalue weighted by Crippen LogP contribution is 2.33. The fraction of sp³-hybridized carbons (Fsp3) is 0.779. The van der Waals surface area contributed by atoms with Gasteiger partial charge < -0.3 is 89.9 Å². The monoisotopic (exact) mass is 1480 g/mol. The predicted molar refractivity (Wildman–Crippen MR) is 420 cm³/mol. The van der Waals surface area contributed by atoms with E-state index in [0.717, 1.165) is 116 Å². The third-order valence-corrected chi connectivity index (χ3v) is 20.1. The molecule has 0 aromatic rings. The standard InChI is InChI=1S/C86H149NO18/c1-3-5-7-9-11-13-15-17-19-21-23-25-27-29-31-33-34-36-38-40-42-44-46-48-50-52-54-56-58-60-62-64-74(92)87-69(70(91)63-61-59-57-55-53-51-49-47-45-43-41-39-37-35-32-30-28-26-24-22-20-18-16-14-12-10-8-6-4-2)68-100-84-80(98)77(95)82(72(66-89)102-84)105-86-81(99)78(96)83(73(67-90)103-86)104-85-79(97)76(94)75(93)71(65-88)101-85/h5,7,11,13,17,19,23,25,29,31,34,36,40,42,46,48,61,63,69-73,75-86,88-91,93-99H,3-4,6,8-10,12,14-16,18,20-22,24,26-28,30,32-33,35,37-39,41,43-45,47,49-60,62,64-68H2,1-2H3,(H,87,92)/b7-5-,13-11-,19-17-,25-23-,31-29-,36-34-,42-40-,48-46-,63-61+. The fourth-order valence-electron chi connectivity index (χ4n) is 13.4. The van der Waals surface area contributed by atoms with E-state index in [-0.39, 0.29) is 18.9 Å². The molecule has 19 heteroatoms. The molecule has 17 unspecified atom stereocenters. The maximum atomic E-state index is 13.5. The highest BCUT2D eigenvalue weighted by molar-refractivity contribution is 5.76. The molecule has 3 fully saturated rings. The molecular weight excluding hydrogens is 1330 g/mol. The van der Waals surface area contributed by atoms with Gasteiger partial charge in [0.05, 0.1) is 38.6 Å². The Balaban J connectivity index is 1.38. The van der Waals surface area contributed by atoms with Crippen molar-refractivity contribution in [1.29, 1.82) is 0 Å². The summed E-state index contributed by atoms with van der Waals surface area (Å²) in [7, 11) is 0. The summed E-state index contributed by atoms with van der Waals surface area (Å²) >= 11 is 0. The quantitative estimate of drug-likeness (QED) is 0.0199. The van der Waals surface area contributed by atoms with E-state index < -0.39 is 124 Å². The third-order valence-electron chi connectivity index (χ3n) is 20.1. The average molecular weight is 1490 g/mol. The summed E-state index contributed by atoms with van der Waals surface area (Å²) in [4.78, 5) is 13.5. The number of hydrogen-bond donors (Lipinski definition) is 12. The van der Waals surface area contributed by atoms with Crippen LogP contribution in [0.2, 0.25) is 0 Å². The summed E-state index contributed by atoms with van der Waals surface area (Å²) in [6.45, 7) is 1.63. The van der Waals surface area contributed by atoms with Crippen LogP contribution >= 0.6 is 0 Å². The Morgan fingerprint density at radius 1 is 0.352 bits per heavy atom. The first-order valence-electron chi connectivity index (χ1n) is 41.6. The van der Waals surface area contributed by atoms with E-state index in [9.17, 15) is 61.0 Å². The summed E-state index contributed by atoms with van der Waals surface area (Å²) in [5.74, 6) is -0.291. The van der Waals surface area contributed by atoms with Crippen molar-refractivity contribution in [2.45, 2.75) is 401 Å².